The van der Waals surface area contributed by atoms with Crippen LogP contribution in [0.2, 0.25) is 0 Å². The number of aryl methyl sites for hydroxylation is 2. The van der Waals surface area contributed by atoms with Gasteiger partial charge >= 0.3 is 0 Å². The van der Waals surface area contributed by atoms with Crippen LogP contribution >= 0.6 is 15.9 Å². The van der Waals surface area contributed by atoms with Crippen molar-refractivity contribution in [1.29, 1.82) is 0 Å². The summed E-state index contributed by atoms with van der Waals surface area (Å²) in [6.07, 6.45) is 3.51. The molecule has 0 fully saturated rings. The van der Waals surface area contributed by atoms with Crippen LogP contribution in [0.15, 0.2) is 4.47 Å². The molecule has 0 aliphatic carbocycles. The quantitative estimate of drug-likeness (QED) is 0.707. The molecule has 0 radical (unpaired) electrons. The number of hydrogen-bond acceptors (Lipinski definition) is 3. The number of hydrogen-bond donors (Lipinski definition) is 1. The number of methoxy groups -OCH3 is 1. The van der Waals surface area contributed by atoms with Gasteiger partial charge in [0.2, 0.25) is 0 Å². The Bertz CT molecular complexity index is 379. The van der Waals surface area contributed by atoms with Crippen molar-refractivity contribution in [2.75, 3.05) is 26.8 Å². The summed E-state index contributed by atoms with van der Waals surface area (Å²) >= 11 is 3.65. The van der Waals surface area contributed by atoms with Crippen LogP contribution in [0.25, 0.3) is 0 Å². The van der Waals surface area contributed by atoms with E-state index in [2.05, 4.69) is 33.3 Å². The van der Waals surface area contributed by atoms with Gasteiger partial charge < -0.3 is 10.1 Å². The third-order valence-corrected chi connectivity index (χ3v) is 4.39. The van der Waals surface area contributed by atoms with E-state index in [1.165, 1.54) is 18.5 Å². The van der Waals surface area contributed by atoms with Crippen molar-refractivity contribution in [1.82, 2.24) is 15.1 Å². The van der Waals surface area contributed by atoms with Gasteiger partial charge in [-0.15, -0.1) is 0 Å². The summed E-state index contributed by atoms with van der Waals surface area (Å²) in [6, 6.07) is 0. The molecule has 1 N–H and O–H groups in total. The van der Waals surface area contributed by atoms with Gasteiger partial charge in [-0.05, 0) is 48.2 Å². The first-order valence-corrected chi connectivity index (χ1v) is 7.77. The average molecular weight is 332 g/mol. The van der Waals surface area contributed by atoms with Crippen molar-refractivity contribution < 1.29 is 4.74 Å². The largest absolute Gasteiger partial charge is 0.383 e. The van der Waals surface area contributed by atoms with Gasteiger partial charge in [0.15, 0.2) is 0 Å². The SMILES string of the molecule is CCCC(CNCCOC)Cc1c(Br)c(C)nn1C. The number of rotatable bonds is 9. The zero-order valence-corrected chi connectivity index (χ0v) is 14.1. The molecule has 0 spiro atoms. The van der Waals surface area contributed by atoms with Gasteiger partial charge in [-0.2, -0.15) is 5.10 Å². The second-order valence-corrected chi connectivity index (χ2v) is 5.82. The Balaban J connectivity index is 2.56. The van der Waals surface area contributed by atoms with E-state index in [0.717, 1.165) is 36.3 Å². The predicted molar refractivity (Wildman–Crippen MR) is 82.5 cm³/mol. The summed E-state index contributed by atoms with van der Waals surface area (Å²) in [5.41, 5.74) is 2.37. The van der Waals surface area contributed by atoms with E-state index in [9.17, 15) is 0 Å². The number of aromatic nitrogens is 2. The first-order chi connectivity index (χ1) is 9.10. The fourth-order valence-electron chi connectivity index (χ4n) is 2.34. The Labute approximate surface area is 125 Å². The second kappa shape index (κ2) is 8.72. The fraction of sp³-hybridized carbons (Fsp3) is 0.786. The Hall–Kier alpha value is -0.390. The summed E-state index contributed by atoms with van der Waals surface area (Å²) in [5, 5.41) is 7.93. The van der Waals surface area contributed by atoms with E-state index in [-0.39, 0.29) is 0 Å². The average Bonchev–Trinajstić information content (AvgIpc) is 2.61. The van der Waals surface area contributed by atoms with Crippen LogP contribution in [0.4, 0.5) is 0 Å². The third kappa shape index (κ3) is 5.24. The molecule has 110 valence electrons. The van der Waals surface area contributed by atoms with Crippen LogP contribution in [-0.4, -0.2) is 36.6 Å². The molecular formula is C14H26BrN3O. The maximum Gasteiger partial charge on any atom is 0.0738 e. The van der Waals surface area contributed by atoms with E-state index < -0.39 is 0 Å². The number of nitrogens with one attached hydrogen (secondary N) is 1. The Kier molecular flexibility index (Phi) is 7.64. The van der Waals surface area contributed by atoms with Crippen LogP contribution in [-0.2, 0) is 18.2 Å². The lowest BCUT2D eigenvalue weighted by atomic mass is 9.97. The molecule has 0 aliphatic heterocycles. The first kappa shape index (κ1) is 16.7. The van der Waals surface area contributed by atoms with Crippen molar-refractivity contribution in [3.63, 3.8) is 0 Å². The molecule has 0 aromatic carbocycles. The summed E-state index contributed by atoms with van der Waals surface area (Å²) in [7, 11) is 3.76. The van der Waals surface area contributed by atoms with Gasteiger partial charge in [-0.25, -0.2) is 0 Å². The number of ether oxygens (including phenoxy) is 1. The molecule has 1 heterocycles. The summed E-state index contributed by atoms with van der Waals surface area (Å²) in [6.45, 7) is 7.01. The lowest BCUT2D eigenvalue weighted by Crippen LogP contribution is -2.27. The van der Waals surface area contributed by atoms with E-state index in [1.807, 2.05) is 18.7 Å². The summed E-state index contributed by atoms with van der Waals surface area (Å²) in [5.74, 6) is 0.646. The van der Waals surface area contributed by atoms with Crippen LogP contribution in [0.5, 0.6) is 0 Å². The maximum atomic E-state index is 5.06. The Morgan fingerprint density at radius 1 is 1.47 bits per heavy atom. The van der Waals surface area contributed by atoms with Gasteiger partial charge in [-0.1, -0.05) is 13.3 Å². The van der Waals surface area contributed by atoms with Gasteiger partial charge in [0, 0.05) is 20.7 Å². The summed E-state index contributed by atoms with van der Waals surface area (Å²) < 4.78 is 8.22. The number of halogens is 1. The molecule has 0 aliphatic rings. The molecule has 19 heavy (non-hydrogen) atoms. The molecule has 1 atom stereocenters. The highest BCUT2D eigenvalue weighted by molar-refractivity contribution is 9.10. The van der Waals surface area contributed by atoms with Gasteiger partial charge in [-0.3, -0.25) is 4.68 Å². The van der Waals surface area contributed by atoms with Crippen LogP contribution in [0.3, 0.4) is 0 Å². The van der Waals surface area contributed by atoms with Crippen LogP contribution < -0.4 is 5.32 Å². The standard InChI is InChI=1S/C14H26BrN3O/c1-5-6-12(10-16-7-8-19-4)9-13-14(15)11(2)17-18(13)3/h12,16H,5-10H2,1-4H3. The van der Waals surface area contributed by atoms with E-state index in [0.29, 0.717) is 5.92 Å². The smallest absolute Gasteiger partial charge is 0.0738 e. The zero-order valence-electron chi connectivity index (χ0n) is 12.5. The fourth-order valence-corrected chi connectivity index (χ4v) is 2.84. The minimum Gasteiger partial charge on any atom is -0.383 e. The number of nitrogens with zero attached hydrogens (tertiary/aromatic N) is 2. The molecule has 5 heteroatoms. The van der Waals surface area contributed by atoms with Crippen molar-refractivity contribution in [2.24, 2.45) is 13.0 Å². The normalized spacial score (nSPS) is 12.9. The van der Waals surface area contributed by atoms with E-state index >= 15 is 0 Å². The van der Waals surface area contributed by atoms with Crippen molar-refractivity contribution in [3.05, 3.63) is 15.9 Å². The second-order valence-electron chi connectivity index (χ2n) is 5.03. The Morgan fingerprint density at radius 3 is 2.74 bits per heavy atom. The van der Waals surface area contributed by atoms with Gasteiger partial charge in [0.25, 0.3) is 0 Å². The monoisotopic (exact) mass is 331 g/mol. The molecule has 1 rings (SSSR count). The van der Waals surface area contributed by atoms with Gasteiger partial charge in [0.1, 0.15) is 0 Å². The molecule has 1 unspecified atom stereocenters. The third-order valence-electron chi connectivity index (χ3n) is 3.36. The summed E-state index contributed by atoms with van der Waals surface area (Å²) in [4.78, 5) is 0. The lowest BCUT2D eigenvalue weighted by molar-refractivity contribution is 0.197. The molecule has 0 saturated heterocycles. The van der Waals surface area contributed by atoms with Crippen molar-refractivity contribution >= 4 is 15.9 Å². The molecule has 1 aromatic rings. The minimum absolute atomic E-state index is 0.646. The zero-order chi connectivity index (χ0) is 14.3. The molecule has 1 aromatic heterocycles. The van der Waals surface area contributed by atoms with Crippen molar-refractivity contribution in [2.45, 2.75) is 33.1 Å². The Morgan fingerprint density at radius 2 is 2.21 bits per heavy atom. The highest BCUT2D eigenvalue weighted by Crippen LogP contribution is 2.24. The highest BCUT2D eigenvalue weighted by atomic mass is 79.9. The lowest BCUT2D eigenvalue weighted by Gasteiger charge is -2.17. The minimum atomic E-state index is 0.646. The topological polar surface area (TPSA) is 39.1 Å². The molecule has 0 saturated carbocycles. The van der Waals surface area contributed by atoms with Gasteiger partial charge in [0.05, 0.1) is 22.5 Å². The van der Waals surface area contributed by atoms with Crippen LogP contribution in [0.1, 0.15) is 31.2 Å². The first-order valence-electron chi connectivity index (χ1n) is 6.97. The molecular weight excluding hydrogens is 306 g/mol. The molecule has 0 amide bonds. The van der Waals surface area contributed by atoms with Crippen molar-refractivity contribution in [3.8, 4) is 0 Å². The van der Waals surface area contributed by atoms with E-state index in [4.69, 9.17) is 4.74 Å². The predicted octanol–water partition coefficient (Wildman–Crippen LogP) is 2.69. The molecule has 0 bridgehead atoms. The maximum absolute atomic E-state index is 5.06. The highest BCUT2D eigenvalue weighted by Gasteiger charge is 2.16. The molecule has 4 nitrogen and oxygen atoms in total. The van der Waals surface area contributed by atoms with E-state index in [1.54, 1.807) is 7.11 Å². The van der Waals surface area contributed by atoms with Crippen LogP contribution in [0, 0.1) is 12.8 Å².